The second kappa shape index (κ2) is 7.83. The first-order valence-electron chi connectivity index (χ1n) is 7.07. The highest BCUT2D eigenvalue weighted by molar-refractivity contribution is 7.86. The van der Waals surface area contributed by atoms with Crippen LogP contribution in [0.1, 0.15) is 32.8 Å². The Morgan fingerprint density at radius 3 is 2.50 bits per heavy atom. The summed E-state index contributed by atoms with van der Waals surface area (Å²) >= 11 is 5.91. The molecule has 1 amide bonds. The van der Waals surface area contributed by atoms with Crippen LogP contribution in [0, 0.1) is 0 Å². The molecule has 0 aromatic heterocycles. The lowest BCUT2D eigenvalue weighted by Crippen LogP contribution is -2.41. The van der Waals surface area contributed by atoms with Gasteiger partial charge in [0.2, 0.25) is 5.91 Å². The summed E-state index contributed by atoms with van der Waals surface area (Å²) in [5, 5.41) is -0.607. The molecule has 0 spiro atoms. The summed E-state index contributed by atoms with van der Waals surface area (Å²) in [6.07, 6.45) is 1.79. The first-order valence-corrected chi connectivity index (χ1v) is 9.32. The summed E-state index contributed by atoms with van der Waals surface area (Å²) in [6, 6.07) is 6.72. The van der Waals surface area contributed by atoms with E-state index in [-0.39, 0.29) is 17.7 Å². The van der Waals surface area contributed by atoms with E-state index >= 15 is 0 Å². The van der Waals surface area contributed by atoms with Crippen LogP contribution in [0.25, 0.3) is 0 Å². The summed E-state index contributed by atoms with van der Waals surface area (Å²) in [5.41, 5.74) is 0.784. The molecule has 0 saturated heterocycles. The number of benzene rings is 1. The molecule has 0 saturated carbocycles. The van der Waals surface area contributed by atoms with Gasteiger partial charge in [-0.3, -0.25) is 4.79 Å². The van der Waals surface area contributed by atoms with Crippen LogP contribution in [0.2, 0.25) is 0 Å². The van der Waals surface area contributed by atoms with Gasteiger partial charge in [0.05, 0.1) is 6.26 Å². The SMILES string of the molecule is CC[C@@H](C)N(Cc1cccc(OS(C)(=O)=O)c1)C(=O)[C@H](C)Cl. The lowest BCUT2D eigenvalue weighted by molar-refractivity contribution is -0.133. The van der Waals surface area contributed by atoms with Crippen molar-refractivity contribution in [3.63, 3.8) is 0 Å². The number of alkyl halides is 1. The molecule has 22 heavy (non-hydrogen) atoms. The van der Waals surface area contributed by atoms with Crippen LogP contribution in [0.4, 0.5) is 0 Å². The zero-order valence-corrected chi connectivity index (χ0v) is 14.8. The number of nitrogens with zero attached hydrogens (tertiary/aromatic N) is 1. The third-order valence-electron chi connectivity index (χ3n) is 3.25. The van der Waals surface area contributed by atoms with E-state index in [1.165, 1.54) is 0 Å². The molecule has 5 nitrogen and oxygen atoms in total. The van der Waals surface area contributed by atoms with Gasteiger partial charge in [0.25, 0.3) is 0 Å². The summed E-state index contributed by atoms with van der Waals surface area (Å²) in [5.74, 6) is 0.0842. The Kier molecular flexibility index (Phi) is 6.68. The smallest absolute Gasteiger partial charge is 0.306 e. The van der Waals surface area contributed by atoms with Crippen molar-refractivity contribution in [2.45, 2.75) is 45.2 Å². The Labute approximate surface area is 137 Å². The molecule has 2 atom stereocenters. The number of hydrogen-bond donors (Lipinski definition) is 0. The van der Waals surface area contributed by atoms with Crippen LogP contribution in [0.5, 0.6) is 5.75 Å². The minimum Gasteiger partial charge on any atom is -0.383 e. The summed E-state index contributed by atoms with van der Waals surface area (Å²) in [6.45, 7) is 5.94. The van der Waals surface area contributed by atoms with Crippen LogP contribution >= 0.6 is 11.6 Å². The van der Waals surface area contributed by atoms with Gasteiger partial charge in [0, 0.05) is 12.6 Å². The predicted octanol–water partition coefficient (Wildman–Crippen LogP) is 2.78. The lowest BCUT2D eigenvalue weighted by atomic mass is 10.1. The Balaban J connectivity index is 2.98. The monoisotopic (exact) mass is 347 g/mol. The van der Waals surface area contributed by atoms with Crippen molar-refractivity contribution >= 4 is 27.6 Å². The van der Waals surface area contributed by atoms with Gasteiger partial charge in [-0.15, -0.1) is 11.6 Å². The van der Waals surface area contributed by atoms with E-state index in [2.05, 4.69) is 0 Å². The molecule has 0 fully saturated rings. The van der Waals surface area contributed by atoms with Gasteiger partial charge in [0.1, 0.15) is 11.1 Å². The maximum Gasteiger partial charge on any atom is 0.306 e. The highest BCUT2D eigenvalue weighted by Gasteiger charge is 2.23. The quantitative estimate of drug-likeness (QED) is 0.562. The van der Waals surface area contributed by atoms with E-state index in [9.17, 15) is 13.2 Å². The highest BCUT2D eigenvalue weighted by atomic mass is 35.5. The average molecular weight is 348 g/mol. The highest BCUT2D eigenvalue weighted by Crippen LogP contribution is 2.19. The Morgan fingerprint density at radius 1 is 1.36 bits per heavy atom. The van der Waals surface area contributed by atoms with E-state index in [1.807, 2.05) is 19.9 Å². The minimum atomic E-state index is -3.57. The van der Waals surface area contributed by atoms with Gasteiger partial charge in [0.15, 0.2) is 0 Å². The second-order valence-corrected chi connectivity index (χ2v) is 7.50. The average Bonchev–Trinajstić information content (AvgIpc) is 2.41. The van der Waals surface area contributed by atoms with Gasteiger partial charge in [-0.25, -0.2) is 0 Å². The zero-order chi connectivity index (χ0) is 16.9. The van der Waals surface area contributed by atoms with E-state index in [4.69, 9.17) is 15.8 Å². The van der Waals surface area contributed by atoms with Crippen LogP contribution < -0.4 is 4.18 Å². The molecule has 0 aliphatic rings. The van der Waals surface area contributed by atoms with Crippen molar-refractivity contribution in [2.24, 2.45) is 0 Å². The number of hydrogen-bond acceptors (Lipinski definition) is 4. The standard InChI is InChI=1S/C15H22ClNO4S/c1-5-11(2)17(15(18)12(3)16)10-13-7-6-8-14(9-13)21-22(4,19)20/h6-9,11-12H,5,10H2,1-4H3/t11-,12+/m1/s1. The Morgan fingerprint density at radius 2 is 2.00 bits per heavy atom. The van der Waals surface area contributed by atoms with E-state index in [0.717, 1.165) is 18.2 Å². The molecule has 0 heterocycles. The molecule has 0 N–H and O–H groups in total. The van der Waals surface area contributed by atoms with Crippen LogP contribution in [-0.4, -0.2) is 36.9 Å². The predicted molar refractivity (Wildman–Crippen MR) is 87.5 cm³/mol. The molecular weight excluding hydrogens is 326 g/mol. The van der Waals surface area contributed by atoms with Crippen molar-refractivity contribution < 1.29 is 17.4 Å². The van der Waals surface area contributed by atoms with Crippen molar-refractivity contribution in [2.75, 3.05) is 6.26 Å². The molecule has 124 valence electrons. The number of amides is 1. The summed E-state index contributed by atoms with van der Waals surface area (Å²) in [7, 11) is -3.57. The number of halogens is 1. The maximum atomic E-state index is 12.2. The lowest BCUT2D eigenvalue weighted by Gasteiger charge is -2.30. The van der Waals surface area contributed by atoms with Crippen LogP contribution in [-0.2, 0) is 21.5 Å². The fraction of sp³-hybridized carbons (Fsp3) is 0.533. The van der Waals surface area contributed by atoms with Gasteiger partial charge in [-0.05, 0) is 38.0 Å². The van der Waals surface area contributed by atoms with E-state index < -0.39 is 15.5 Å². The molecule has 1 aromatic carbocycles. The third-order valence-corrected chi connectivity index (χ3v) is 3.93. The first-order chi connectivity index (χ1) is 10.1. The number of rotatable bonds is 7. The molecule has 0 radical (unpaired) electrons. The van der Waals surface area contributed by atoms with Crippen molar-refractivity contribution in [1.82, 2.24) is 4.90 Å². The molecule has 7 heteroatoms. The summed E-state index contributed by atoms with van der Waals surface area (Å²) in [4.78, 5) is 13.9. The molecule has 0 unspecified atom stereocenters. The van der Waals surface area contributed by atoms with Crippen molar-refractivity contribution in [3.05, 3.63) is 29.8 Å². The largest absolute Gasteiger partial charge is 0.383 e. The minimum absolute atomic E-state index is 0.0354. The molecule has 1 rings (SSSR count). The van der Waals surface area contributed by atoms with Crippen LogP contribution in [0.15, 0.2) is 24.3 Å². The van der Waals surface area contributed by atoms with Gasteiger partial charge >= 0.3 is 10.1 Å². The maximum absolute atomic E-state index is 12.2. The van der Waals surface area contributed by atoms with Gasteiger partial charge in [-0.2, -0.15) is 8.42 Å². The van der Waals surface area contributed by atoms with E-state index in [0.29, 0.717) is 6.54 Å². The fourth-order valence-corrected chi connectivity index (χ4v) is 2.55. The molecule has 0 bridgehead atoms. The second-order valence-electron chi connectivity index (χ2n) is 5.27. The molecule has 0 aliphatic heterocycles. The van der Waals surface area contributed by atoms with Crippen molar-refractivity contribution in [3.8, 4) is 5.75 Å². The van der Waals surface area contributed by atoms with Gasteiger partial charge < -0.3 is 9.08 Å². The molecule has 0 aliphatic carbocycles. The van der Waals surface area contributed by atoms with Crippen LogP contribution in [0.3, 0.4) is 0 Å². The summed E-state index contributed by atoms with van der Waals surface area (Å²) < 4.78 is 27.2. The van der Waals surface area contributed by atoms with E-state index in [1.54, 1.807) is 30.0 Å². The molecular formula is C15H22ClNO4S. The van der Waals surface area contributed by atoms with Crippen molar-refractivity contribution in [1.29, 1.82) is 0 Å². The molecule has 1 aromatic rings. The first kappa shape index (κ1) is 18.8. The Hall–Kier alpha value is -1.27. The van der Waals surface area contributed by atoms with Gasteiger partial charge in [-0.1, -0.05) is 19.1 Å². The normalized spacial score (nSPS) is 14.2. The number of carbonyl (C=O) groups excluding carboxylic acids is 1. The fourth-order valence-electron chi connectivity index (χ4n) is 1.97. The Bertz CT molecular complexity index is 616. The third kappa shape index (κ3) is 5.85. The number of carbonyl (C=O) groups is 1. The zero-order valence-electron chi connectivity index (χ0n) is 13.2. The topological polar surface area (TPSA) is 63.7 Å².